The fourth-order valence-corrected chi connectivity index (χ4v) is 1.46. The zero-order chi connectivity index (χ0) is 12.8. The quantitative estimate of drug-likeness (QED) is 0.619. The molecule has 0 atom stereocenters. The Hall–Kier alpha value is -1.58. The lowest BCUT2D eigenvalue weighted by Gasteiger charge is -2.19. The first kappa shape index (κ1) is 13.5. The summed E-state index contributed by atoms with van der Waals surface area (Å²) in [5, 5.41) is 10.1. The molecule has 1 rings (SSSR count). The van der Waals surface area contributed by atoms with Crippen LogP contribution in [0.5, 0.6) is 0 Å². The van der Waals surface area contributed by atoms with Crippen LogP contribution in [-0.2, 0) is 0 Å². The number of hydrogen-bond acceptors (Lipinski definition) is 4. The van der Waals surface area contributed by atoms with Gasteiger partial charge in [0.15, 0.2) is 4.32 Å². The number of rotatable bonds is 1. The fourth-order valence-electron chi connectivity index (χ4n) is 1.10. The third-order valence-corrected chi connectivity index (χ3v) is 3.39. The summed E-state index contributed by atoms with van der Waals surface area (Å²) in [7, 11) is 1.68. The van der Waals surface area contributed by atoms with Crippen molar-refractivity contribution in [3.63, 3.8) is 0 Å². The zero-order valence-corrected chi connectivity index (χ0v) is 11.1. The average Bonchev–Trinajstić information content (AvgIpc) is 2.37. The van der Waals surface area contributed by atoms with E-state index in [-0.39, 0.29) is 5.91 Å². The first-order valence-electron chi connectivity index (χ1n) is 4.71. The van der Waals surface area contributed by atoms with Crippen molar-refractivity contribution in [2.24, 2.45) is 0 Å². The Morgan fingerprint density at radius 3 is 2.53 bits per heavy atom. The van der Waals surface area contributed by atoms with E-state index in [9.17, 15) is 4.79 Å². The minimum atomic E-state index is -0.256. The summed E-state index contributed by atoms with van der Waals surface area (Å²) in [5.41, 5.74) is 3.64. The van der Waals surface area contributed by atoms with Crippen LogP contribution >= 0.6 is 24.0 Å². The molecule has 17 heavy (non-hydrogen) atoms. The molecule has 0 unspecified atom stereocenters. The Labute approximate surface area is 110 Å². The molecule has 0 aliphatic heterocycles. The number of thioether (sulfide) groups is 1. The van der Waals surface area contributed by atoms with Gasteiger partial charge in [-0.15, -0.1) is 0 Å². The highest BCUT2D eigenvalue weighted by molar-refractivity contribution is 8.22. The number of carbonyl (C=O) groups is 1. The molecule has 88 valence electrons. The van der Waals surface area contributed by atoms with Crippen LogP contribution in [0.3, 0.4) is 0 Å². The van der Waals surface area contributed by atoms with E-state index >= 15 is 0 Å². The molecule has 1 N–H and O–H groups in total. The molecule has 1 aromatic rings. The maximum atomic E-state index is 11.8. The van der Waals surface area contributed by atoms with Crippen LogP contribution < -0.4 is 5.43 Å². The minimum Gasteiger partial charge on any atom is -0.272 e. The van der Waals surface area contributed by atoms with Crippen molar-refractivity contribution < 1.29 is 4.79 Å². The molecule has 0 saturated heterocycles. The maximum Gasteiger partial charge on any atom is 0.269 e. The second-order valence-electron chi connectivity index (χ2n) is 3.16. The van der Waals surface area contributed by atoms with E-state index in [1.54, 1.807) is 31.3 Å². The summed E-state index contributed by atoms with van der Waals surface area (Å²) < 4.78 is 0.576. The lowest BCUT2D eigenvalue weighted by molar-refractivity contribution is 0.0890. The van der Waals surface area contributed by atoms with E-state index in [2.05, 4.69) is 5.43 Å². The molecular formula is C11H11N3OS2. The third-order valence-electron chi connectivity index (χ3n) is 1.99. The lowest BCUT2D eigenvalue weighted by Crippen LogP contribution is -2.41. The number of thiocarbonyl (C=S) groups is 1. The van der Waals surface area contributed by atoms with Crippen LogP contribution in [0.1, 0.15) is 15.9 Å². The van der Waals surface area contributed by atoms with Crippen molar-refractivity contribution in [2.75, 3.05) is 13.3 Å². The van der Waals surface area contributed by atoms with Gasteiger partial charge in [0.2, 0.25) is 0 Å². The molecule has 0 radical (unpaired) electrons. The molecule has 0 aliphatic carbocycles. The highest BCUT2D eigenvalue weighted by atomic mass is 32.2. The summed E-state index contributed by atoms with van der Waals surface area (Å²) in [6.07, 6.45) is 1.84. The molecule has 0 aliphatic rings. The summed E-state index contributed by atoms with van der Waals surface area (Å²) in [5.74, 6) is -0.256. The zero-order valence-electron chi connectivity index (χ0n) is 9.43. The van der Waals surface area contributed by atoms with Crippen LogP contribution in [0.2, 0.25) is 0 Å². The number of carbonyl (C=O) groups excluding carboxylic acids is 1. The van der Waals surface area contributed by atoms with Gasteiger partial charge in [-0.1, -0.05) is 24.0 Å². The largest absolute Gasteiger partial charge is 0.272 e. The third kappa shape index (κ3) is 3.73. The first-order valence-corrected chi connectivity index (χ1v) is 6.34. The van der Waals surface area contributed by atoms with Gasteiger partial charge >= 0.3 is 0 Å². The number of hydrogen-bond donors (Lipinski definition) is 1. The Morgan fingerprint density at radius 2 is 2.06 bits per heavy atom. The van der Waals surface area contributed by atoms with Gasteiger partial charge in [-0.25, -0.2) is 0 Å². The van der Waals surface area contributed by atoms with Crippen molar-refractivity contribution in [1.29, 1.82) is 5.26 Å². The minimum absolute atomic E-state index is 0.256. The molecule has 0 heterocycles. The number of nitrogens with one attached hydrogen (secondary N) is 1. The van der Waals surface area contributed by atoms with Gasteiger partial charge in [0.05, 0.1) is 11.6 Å². The lowest BCUT2D eigenvalue weighted by atomic mass is 10.1. The SMILES string of the molecule is CSC(=S)N(C)NC(=O)c1ccc(C#N)cc1. The Balaban J connectivity index is 2.70. The summed E-state index contributed by atoms with van der Waals surface area (Å²) in [6, 6.07) is 8.40. The van der Waals surface area contributed by atoms with Gasteiger partial charge in [0.25, 0.3) is 5.91 Å². The molecular weight excluding hydrogens is 254 g/mol. The molecule has 6 heteroatoms. The van der Waals surface area contributed by atoms with Crippen LogP contribution in [0.4, 0.5) is 0 Å². The number of hydrazine groups is 1. The first-order chi connectivity index (χ1) is 8.08. The summed E-state index contributed by atoms with van der Waals surface area (Å²) in [6.45, 7) is 0. The van der Waals surface area contributed by atoms with Gasteiger partial charge in [0, 0.05) is 12.6 Å². The van der Waals surface area contributed by atoms with Crippen molar-refractivity contribution in [1.82, 2.24) is 10.4 Å². The molecule has 1 aromatic carbocycles. The molecule has 0 aromatic heterocycles. The fraction of sp³-hybridized carbons (Fsp3) is 0.182. The van der Waals surface area contributed by atoms with E-state index in [0.717, 1.165) is 0 Å². The number of nitrogens with zero attached hydrogens (tertiary/aromatic N) is 2. The van der Waals surface area contributed by atoms with Crippen LogP contribution in [-0.4, -0.2) is 28.5 Å². The van der Waals surface area contributed by atoms with Crippen LogP contribution in [0.15, 0.2) is 24.3 Å². The summed E-state index contributed by atoms with van der Waals surface area (Å²) in [4.78, 5) is 11.8. The van der Waals surface area contributed by atoms with Crippen LogP contribution in [0, 0.1) is 11.3 Å². The molecule has 0 bridgehead atoms. The second-order valence-corrected chi connectivity index (χ2v) is 4.60. The highest BCUT2D eigenvalue weighted by Crippen LogP contribution is 2.05. The molecule has 0 saturated carbocycles. The van der Waals surface area contributed by atoms with Crippen molar-refractivity contribution in [2.45, 2.75) is 0 Å². The monoisotopic (exact) mass is 265 g/mol. The predicted molar refractivity (Wildman–Crippen MR) is 72.5 cm³/mol. The molecule has 0 spiro atoms. The van der Waals surface area contributed by atoms with E-state index in [1.165, 1.54) is 16.8 Å². The topological polar surface area (TPSA) is 56.1 Å². The van der Waals surface area contributed by atoms with E-state index < -0.39 is 0 Å². The second kappa shape index (κ2) is 6.23. The smallest absolute Gasteiger partial charge is 0.269 e. The predicted octanol–water partition coefficient (Wildman–Crippen LogP) is 1.78. The van der Waals surface area contributed by atoms with Crippen LogP contribution in [0.25, 0.3) is 0 Å². The van der Waals surface area contributed by atoms with Crippen molar-refractivity contribution in [3.05, 3.63) is 35.4 Å². The Bertz CT molecular complexity index is 465. The molecule has 0 fully saturated rings. The average molecular weight is 265 g/mol. The van der Waals surface area contributed by atoms with Gasteiger partial charge in [-0.3, -0.25) is 15.2 Å². The van der Waals surface area contributed by atoms with Crippen molar-refractivity contribution >= 4 is 34.2 Å². The maximum absolute atomic E-state index is 11.8. The molecule has 4 nitrogen and oxygen atoms in total. The van der Waals surface area contributed by atoms with Gasteiger partial charge in [-0.2, -0.15) is 5.26 Å². The highest BCUT2D eigenvalue weighted by Gasteiger charge is 2.09. The number of amides is 1. The van der Waals surface area contributed by atoms with Gasteiger partial charge in [-0.05, 0) is 30.5 Å². The summed E-state index contributed by atoms with van der Waals surface area (Å²) >= 11 is 6.39. The number of nitriles is 1. The van der Waals surface area contributed by atoms with E-state index in [4.69, 9.17) is 17.5 Å². The van der Waals surface area contributed by atoms with E-state index in [0.29, 0.717) is 15.4 Å². The Kier molecular flexibility index (Phi) is 4.94. The standard InChI is InChI=1S/C11H11N3OS2/c1-14(11(16)17-2)13-10(15)9-5-3-8(7-12)4-6-9/h3-6H,1-2H3,(H,13,15). The molecule has 1 amide bonds. The van der Waals surface area contributed by atoms with Gasteiger partial charge < -0.3 is 0 Å². The van der Waals surface area contributed by atoms with Crippen molar-refractivity contribution in [3.8, 4) is 6.07 Å². The van der Waals surface area contributed by atoms with Gasteiger partial charge in [0.1, 0.15) is 0 Å². The number of benzene rings is 1. The normalized spacial score (nSPS) is 9.24. The van der Waals surface area contributed by atoms with E-state index in [1.807, 2.05) is 12.3 Å². The Morgan fingerprint density at radius 1 is 1.47 bits per heavy atom.